The molecule has 30 heavy (non-hydrogen) atoms. The highest BCUT2D eigenvalue weighted by atomic mass is 16.5. The summed E-state index contributed by atoms with van der Waals surface area (Å²) in [6, 6.07) is 17.9. The number of nitrogens with zero attached hydrogens (tertiary/aromatic N) is 2. The number of hydrogen-bond acceptors (Lipinski definition) is 3. The van der Waals surface area contributed by atoms with Crippen LogP contribution in [0.2, 0.25) is 0 Å². The van der Waals surface area contributed by atoms with Gasteiger partial charge in [0.05, 0.1) is 6.54 Å². The van der Waals surface area contributed by atoms with E-state index in [4.69, 9.17) is 9.73 Å². The molecule has 0 aliphatic carbocycles. The van der Waals surface area contributed by atoms with Crippen molar-refractivity contribution in [3.63, 3.8) is 0 Å². The lowest BCUT2D eigenvalue weighted by Crippen LogP contribution is -2.46. The average Bonchev–Trinajstić information content (AvgIpc) is 2.78. The Labute approximate surface area is 179 Å². The van der Waals surface area contributed by atoms with Gasteiger partial charge in [0, 0.05) is 33.1 Å². The number of likely N-dealkylation sites (tertiary alicyclic amines) is 1. The molecular formula is C24H32N4O2. The predicted octanol–water partition coefficient (Wildman–Crippen LogP) is 3.79. The molecular weight excluding hydrogens is 376 g/mol. The molecule has 1 heterocycles. The molecule has 1 aliphatic rings. The first-order valence-electron chi connectivity index (χ1n) is 10.7. The van der Waals surface area contributed by atoms with E-state index in [9.17, 15) is 4.79 Å². The number of ether oxygens (including phenoxy) is 1. The van der Waals surface area contributed by atoms with E-state index in [1.807, 2.05) is 48.5 Å². The average molecular weight is 409 g/mol. The van der Waals surface area contributed by atoms with Gasteiger partial charge in [0.1, 0.15) is 11.5 Å². The number of carbonyl (C=O) groups excluding carboxylic acids is 1. The SMILES string of the molecule is CCNC(=NCc1cccc(Oc2ccccc2)c1)N1CCC(CC(=O)NC)CC1. The van der Waals surface area contributed by atoms with E-state index in [-0.39, 0.29) is 5.91 Å². The number of aliphatic imine (C=N–C) groups is 1. The lowest BCUT2D eigenvalue weighted by atomic mass is 9.93. The first-order chi connectivity index (χ1) is 14.7. The zero-order chi connectivity index (χ0) is 21.2. The minimum atomic E-state index is 0.131. The summed E-state index contributed by atoms with van der Waals surface area (Å²) in [5.74, 6) is 3.16. The molecule has 0 radical (unpaired) electrons. The standard InChI is InChI=1S/C24H32N4O2/c1-3-26-24(28-14-12-19(13-15-28)17-23(29)25-2)27-18-20-8-7-11-22(16-20)30-21-9-5-4-6-10-21/h4-11,16,19H,3,12-15,17-18H2,1-2H3,(H,25,29)(H,26,27). The lowest BCUT2D eigenvalue weighted by Gasteiger charge is -2.34. The molecule has 6 nitrogen and oxygen atoms in total. The normalized spacial score (nSPS) is 15.0. The van der Waals surface area contributed by atoms with Gasteiger partial charge in [-0.25, -0.2) is 4.99 Å². The van der Waals surface area contributed by atoms with Crippen molar-refractivity contribution in [1.82, 2.24) is 15.5 Å². The molecule has 1 aliphatic heterocycles. The second-order valence-electron chi connectivity index (χ2n) is 7.54. The lowest BCUT2D eigenvalue weighted by molar-refractivity contribution is -0.121. The smallest absolute Gasteiger partial charge is 0.220 e. The van der Waals surface area contributed by atoms with Crippen molar-refractivity contribution < 1.29 is 9.53 Å². The summed E-state index contributed by atoms with van der Waals surface area (Å²) < 4.78 is 5.94. The maximum Gasteiger partial charge on any atom is 0.220 e. The van der Waals surface area contributed by atoms with Crippen LogP contribution >= 0.6 is 0 Å². The number of amides is 1. The zero-order valence-electron chi connectivity index (χ0n) is 17.9. The van der Waals surface area contributed by atoms with Crippen molar-refractivity contribution in [3.05, 3.63) is 60.2 Å². The first kappa shape index (κ1) is 21.7. The van der Waals surface area contributed by atoms with Crippen molar-refractivity contribution in [2.75, 3.05) is 26.7 Å². The Hall–Kier alpha value is -3.02. The molecule has 1 fully saturated rings. The highest BCUT2D eigenvalue weighted by molar-refractivity contribution is 5.80. The molecule has 0 saturated carbocycles. The number of carbonyl (C=O) groups is 1. The molecule has 2 aromatic rings. The topological polar surface area (TPSA) is 66.0 Å². The minimum Gasteiger partial charge on any atom is -0.457 e. The highest BCUT2D eigenvalue weighted by Gasteiger charge is 2.23. The quantitative estimate of drug-likeness (QED) is 0.540. The summed E-state index contributed by atoms with van der Waals surface area (Å²) in [5, 5.41) is 6.14. The maximum absolute atomic E-state index is 11.6. The predicted molar refractivity (Wildman–Crippen MR) is 121 cm³/mol. The fraction of sp³-hybridized carbons (Fsp3) is 0.417. The second kappa shape index (κ2) is 11.2. The van der Waals surface area contributed by atoms with Gasteiger partial charge in [0.2, 0.25) is 5.91 Å². The van der Waals surface area contributed by atoms with E-state index >= 15 is 0 Å². The molecule has 1 amide bonds. The van der Waals surface area contributed by atoms with Crippen LogP contribution in [0.5, 0.6) is 11.5 Å². The third-order valence-corrected chi connectivity index (χ3v) is 5.29. The van der Waals surface area contributed by atoms with E-state index in [1.165, 1.54) is 0 Å². The van der Waals surface area contributed by atoms with Crippen molar-refractivity contribution in [1.29, 1.82) is 0 Å². The van der Waals surface area contributed by atoms with Crippen LogP contribution in [0.1, 0.15) is 31.7 Å². The van der Waals surface area contributed by atoms with Crippen LogP contribution in [0.3, 0.4) is 0 Å². The molecule has 0 aromatic heterocycles. The molecule has 0 spiro atoms. The number of hydrogen-bond donors (Lipinski definition) is 2. The Morgan fingerprint density at radius 1 is 1.10 bits per heavy atom. The molecule has 0 bridgehead atoms. The molecule has 0 atom stereocenters. The Morgan fingerprint density at radius 3 is 2.53 bits per heavy atom. The van der Waals surface area contributed by atoms with Crippen LogP contribution < -0.4 is 15.4 Å². The van der Waals surface area contributed by atoms with E-state index < -0.39 is 0 Å². The monoisotopic (exact) mass is 408 g/mol. The summed E-state index contributed by atoms with van der Waals surface area (Å²) in [6.07, 6.45) is 2.64. The second-order valence-corrected chi connectivity index (χ2v) is 7.54. The largest absolute Gasteiger partial charge is 0.457 e. The highest BCUT2D eigenvalue weighted by Crippen LogP contribution is 2.23. The summed E-state index contributed by atoms with van der Waals surface area (Å²) >= 11 is 0. The number of benzene rings is 2. The van der Waals surface area contributed by atoms with Gasteiger partial charge in [0.15, 0.2) is 5.96 Å². The Bertz CT molecular complexity index is 830. The Morgan fingerprint density at radius 2 is 1.83 bits per heavy atom. The van der Waals surface area contributed by atoms with Gasteiger partial charge in [-0.1, -0.05) is 30.3 Å². The summed E-state index contributed by atoms with van der Waals surface area (Å²) in [4.78, 5) is 18.8. The van der Waals surface area contributed by atoms with Crippen LogP contribution in [0.15, 0.2) is 59.6 Å². The van der Waals surface area contributed by atoms with Crippen molar-refractivity contribution >= 4 is 11.9 Å². The Balaban J connectivity index is 1.60. The van der Waals surface area contributed by atoms with Gasteiger partial charge >= 0.3 is 0 Å². The zero-order valence-corrected chi connectivity index (χ0v) is 17.9. The van der Waals surface area contributed by atoms with E-state index in [0.717, 1.165) is 55.5 Å². The molecule has 1 saturated heterocycles. The van der Waals surface area contributed by atoms with Crippen LogP contribution in [-0.4, -0.2) is 43.4 Å². The number of piperidine rings is 1. The fourth-order valence-electron chi connectivity index (χ4n) is 3.64. The molecule has 3 rings (SSSR count). The van der Waals surface area contributed by atoms with Crippen LogP contribution in [-0.2, 0) is 11.3 Å². The molecule has 160 valence electrons. The van der Waals surface area contributed by atoms with Crippen LogP contribution in [0, 0.1) is 5.92 Å². The van der Waals surface area contributed by atoms with Crippen molar-refractivity contribution in [2.24, 2.45) is 10.9 Å². The first-order valence-corrected chi connectivity index (χ1v) is 10.7. The third-order valence-electron chi connectivity index (χ3n) is 5.29. The number of nitrogens with one attached hydrogen (secondary N) is 2. The van der Waals surface area contributed by atoms with Crippen LogP contribution in [0.4, 0.5) is 0 Å². The van der Waals surface area contributed by atoms with Gasteiger partial charge in [0.25, 0.3) is 0 Å². The van der Waals surface area contributed by atoms with Gasteiger partial charge in [-0.05, 0) is 55.5 Å². The number of guanidine groups is 1. The fourth-order valence-corrected chi connectivity index (χ4v) is 3.64. The van der Waals surface area contributed by atoms with Gasteiger partial charge < -0.3 is 20.3 Å². The summed E-state index contributed by atoms with van der Waals surface area (Å²) in [5.41, 5.74) is 1.10. The van der Waals surface area contributed by atoms with Crippen LogP contribution in [0.25, 0.3) is 0 Å². The molecule has 2 aromatic carbocycles. The number of rotatable bonds is 7. The van der Waals surface area contributed by atoms with Gasteiger partial charge in [-0.15, -0.1) is 0 Å². The molecule has 2 N–H and O–H groups in total. The van der Waals surface area contributed by atoms with Gasteiger partial charge in [-0.3, -0.25) is 4.79 Å². The molecule has 0 unspecified atom stereocenters. The van der Waals surface area contributed by atoms with E-state index in [1.54, 1.807) is 7.05 Å². The minimum absolute atomic E-state index is 0.131. The Kier molecular flexibility index (Phi) is 8.12. The van der Waals surface area contributed by atoms with E-state index in [0.29, 0.717) is 18.9 Å². The maximum atomic E-state index is 11.6. The summed E-state index contributed by atoms with van der Waals surface area (Å²) in [7, 11) is 1.70. The van der Waals surface area contributed by atoms with Crippen molar-refractivity contribution in [2.45, 2.75) is 32.7 Å². The summed E-state index contributed by atoms with van der Waals surface area (Å²) in [6.45, 7) is 5.35. The third kappa shape index (κ3) is 6.51. The van der Waals surface area contributed by atoms with Gasteiger partial charge in [-0.2, -0.15) is 0 Å². The van der Waals surface area contributed by atoms with Crippen molar-refractivity contribution in [3.8, 4) is 11.5 Å². The number of para-hydroxylation sites is 1. The van der Waals surface area contributed by atoms with E-state index in [2.05, 4.69) is 28.5 Å². The molecule has 6 heteroatoms.